The van der Waals surface area contributed by atoms with Gasteiger partial charge in [-0.05, 0) is 84.5 Å². The molecule has 0 aliphatic carbocycles. The van der Waals surface area contributed by atoms with Crippen LogP contribution in [0.3, 0.4) is 0 Å². The first kappa shape index (κ1) is 21.8. The van der Waals surface area contributed by atoms with Crippen molar-refractivity contribution in [3.63, 3.8) is 0 Å². The van der Waals surface area contributed by atoms with Crippen molar-refractivity contribution in [2.75, 3.05) is 0 Å². The van der Waals surface area contributed by atoms with Gasteiger partial charge in [0.05, 0.1) is 0 Å². The molecule has 0 aromatic heterocycles. The van der Waals surface area contributed by atoms with Crippen LogP contribution in [0.25, 0.3) is 0 Å². The van der Waals surface area contributed by atoms with Crippen molar-refractivity contribution in [2.24, 2.45) is 0 Å². The Balaban J connectivity index is 1.43. The van der Waals surface area contributed by atoms with Crippen molar-refractivity contribution in [3.8, 4) is 28.7 Å². The highest BCUT2D eigenvalue weighted by atomic mass is 31.1. The monoisotopic (exact) mass is 462 g/mol. The second-order valence-corrected chi connectivity index (χ2v) is 9.89. The van der Waals surface area contributed by atoms with Gasteiger partial charge in [-0.15, -0.1) is 0 Å². The highest BCUT2D eigenvalue weighted by Gasteiger charge is 2.17. The number of hydrogen-bond acceptors (Lipinski definition) is 3. The lowest BCUT2D eigenvalue weighted by molar-refractivity contribution is 0.475. The van der Waals surface area contributed by atoms with Crippen molar-refractivity contribution < 1.29 is 14.6 Å². The third-order valence-electron chi connectivity index (χ3n) is 5.26. The lowest BCUT2D eigenvalue weighted by Gasteiger charge is -2.20. The Bertz CT molecular complexity index is 1230. The predicted octanol–water partition coefficient (Wildman–Crippen LogP) is 6.74. The van der Waals surface area contributed by atoms with E-state index in [1.807, 2.05) is 97.1 Å². The SMILES string of the molecule is Oc1ccc(P(c2ccc(Oc3ccccc3)cc2)c2ccc(Oc3ccccc3)cc2)cc1. The zero-order valence-electron chi connectivity index (χ0n) is 18.4. The molecule has 4 heteroatoms. The number of phenolic OH excluding ortho intramolecular Hbond substituents is 1. The van der Waals surface area contributed by atoms with Crippen molar-refractivity contribution in [1.29, 1.82) is 0 Å². The molecule has 5 aromatic rings. The van der Waals surface area contributed by atoms with Crippen LogP contribution < -0.4 is 25.4 Å². The summed E-state index contributed by atoms with van der Waals surface area (Å²) in [7, 11) is -0.824. The van der Waals surface area contributed by atoms with Crippen LogP contribution in [0.4, 0.5) is 0 Å². The van der Waals surface area contributed by atoms with E-state index in [1.54, 1.807) is 12.1 Å². The second-order valence-electron chi connectivity index (χ2n) is 7.67. The molecular formula is C30H23O3P. The summed E-state index contributed by atoms with van der Waals surface area (Å²) in [5.41, 5.74) is 0. The van der Waals surface area contributed by atoms with E-state index in [0.717, 1.165) is 28.3 Å². The molecule has 0 fully saturated rings. The highest BCUT2D eigenvalue weighted by molar-refractivity contribution is 7.79. The van der Waals surface area contributed by atoms with Gasteiger partial charge in [0.15, 0.2) is 0 Å². The van der Waals surface area contributed by atoms with Crippen molar-refractivity contribution >= 4 is 23.8 Å². The Morgan fingerprint density at radius 3 is 1.09 bits per heavy atom. The Morgan fingerprint density at radius 2 is 0.706 bits per heavy atom. The summed E-state index contributed by atoms with van der Waals surface area (Å²) in [5.74, 6) is 3.47. The molecule has 0 amide bonds. The van der Waals surface area contributed by atoms with Gasteiger partial charge in [-0.3, -0.25) is 0 Å². The van der Waals surface area contributed by atoms with Gasteiger partial charge >= 0.3 is 0 Å². The fraction of sp³-hybridized carbons (Fsp3) is 0. The molecule has 0 heterocycles. The van der Waals surface area contributed by atoms with Crippen molar-refractivity contribution in [2.45, 2.75) is 0 Å². The topological polar surface area (TPSA) is 38.7 Å². The predicted molar refractivity (Wildman–Crippen MR) is 140 cm³/mol. The molecular weight excluding hydrogens is 439 g/mol. The van der Waals surface area contributed by atoms with Crippen LogP contribution in [0.15, 0.2) is 133 Å². The van der Waals surface area contributed by atoms with Crippen LogP contribution in [-0.4, -0.2) is 5.11 Å². The third kappa shape index (κ3) is 5.28. The fourth-order valence-electron chi connectivity index (χ4n) is 3.62. The molecule has 0 atom stereocenters. The van der Waals surface area contributed by atoms with E-state index in [0.29, 0.717) is 0 Å². The molecule has 166 valence electrons. The highest BCUT2D eigenvalue weighted by Crippen LogP contribution is 2.35. The molecule has 34 heavy (non-hydrogen) atoms. The van der Waals surface area contributed by atoms with Gasteiger partial charge in [0.1, 0.15) is 28.7 Å². The Hall–Kier alpha value is -4.07. The van der Waals surface area contributed by atoms with Crippen LogP contribution in [0.2, 0.25) is 0 Å². The first-order valence-corrected chi connectivity index (χ1v) is 12.3. The summed E-state index contributed by atoms with van der Waals surface area (Å²) in [5, 5.41) is 13.3. The van der Waals surface area contributed by atoms with E-state index in [2.05, 4.69) is 24.3 Å². The van der Waals surface area contributed by atoms with Crippen molar-refractivity contribution in [3.05, 3.63) is 133 Å². The molecule has 0 aliphatic heterocycles. The molecule has 0 aliphatic rings. The molecule has 1 N–H and O–H groups in total. The second kappa shape index (κ2) is 10.2. The maximum Gasteiger partial charge on any atom is 0.127 e. The quantitative estimate of drug-likeness (QED) is 0.273. The molecule has 0 saturated carbocycles. The minimum Gasteiger partial charge on any atom is -0.508 e. The van der Waals surface area contributed by atoms with Gasteiger partial charge in [0.2, 0.25) is 0 Å². The zero-order chi connectivity index (χ0) is 23.2. The van der Waals surface area contributed by atoms with E-state index in [-0.39, 0.29) is 5.75 Å². The van der Waals surface area contributed by atoms with Gasteiger partial charge in [-0.2, -0.15) is 0 Å². The Morgan fingerprint density at radius 1 is 0.382 bits per heavy atom. The van der Waals surface area contributed by atoms with E-state index >= 15 is 0 Å². The minimum atomic E-state index is -0.824. The average molecular weight is 462 g/mol. The van der Waals surface area contributed by atoms with Crippen LogP contribution in [0, 0.1) is 0 Å². The molecule has 0 radical (unpaired) electrons. The molecule has 0 unspecified atom stereocenters. The maximum absolute atomic E-state index is 9.81. The summed E-state index contributed by atoms with van der Waals surface area (Å²) < 4.78 is 11.9. The molecule has 3 nitrogen and oxygen atoms in total. The first-order valence-electron chi connectivity index (χ1n) is 11.0. The normalized spacial score (nSPS) is 10.7. The summed E-state index contributed by atoms with van der Waals surface area (Å²) >= 11 is 0. The summed E-state index contributed by atoms with van der Waals surface area (Å²) in [6, 6.07) is 43.5. The smallest absolute Gasteiger partial charge is 0.127 e. The Kier molecular flexibility index (Phi) is 6.56. The van der Waals surface area contributed by atoms with E-state index in [9.17, 15) is 5.11 Å². The van der Waals surface area contributed by atoms with E-state index in [4.69, 9.17) is 9.47 Å². The summed E-state index contributed by atoms with van der Waals surface area (Å²) in [6.07, 6.45) is 0. The number of para-hydroxylation sites is 2. The van der Waals surface area contributed by atoms with Crippen LogP contribution >= 0.6 is 7.92 Å². The average Bonchev–Trinajstić information content (AvgIpc) is 2.89. The molecule has 5 aromatic carbocycles. The number of rotatable bonds is 7. The number of ether oxygens (including phenoxy) is 2. The molecule has 0 spiro atoms. The van der Waals surface area contributed by atoms with Gasteiger partial charge in [0, 0.05) is 0 Å². The van der Waals surface area contributed by atoms with Gasteiger partial charge in [-0.1, -0.05) is 72.8 Å². The van der Waals surface area contributed by atoms with Crippen molar-refractivity contribution in [1.82, 2.24) is 0 Å². The summed E-state index contributed by atoms with van der Waals surface area (Å²) in [6.45, 7) is 0. The van der Waals surface area contributed by atoms with E-state index < -0.39 is 7.92 Å². The largest absolute Gasteiger partial charge is 0.508 e. The van der Waals surface area contributed by atoms with Crippen LogP contribution in [0.5, 0.6) is 28.7 Å². The zero-order valence-corrected chi connectivity index (χ0v) is 19.3. The lowest BCUT2D eigenvalue weighted by atomic mass is 10.3. The number of hydrogen-bond donors (Lipinski definition) is 1. The Labute approximate surface area is 200 Å². The third-order valence-corrected chi connectivity index (χ3v) is 7.70. The summed E-state index contributed by atoms with van der Waals surface area (Å²) in [4.78, 5) is 0. The van der Waals surface area contributed by atoms with Gasteiger partial charge in [-0.25, -0.2) is 0 Å². The van der Waals surface area contributed by atoms with Gasteiger partial charge < -0.3 is 14.6 Å². The van der Waals surface area contributed by atoms with E-state index in [1.165, 1.54) is 10.6 Å². The first-order chi connectivity index (χ1) is 16.7. The van der Waals surface area contributed by atoms with Crippen LogP contribution in [-0.2, 0) is 0 Å². The number of aromatic hydroxyl groups is 1. The lowest BCUT2D eigenvalue weighted by Crippen LogP contribution is -2.20. The number of benzene rings is 5. The standard InChI is InChI=1S/C30H23O3P/c31-23-11-17-28(18-12-23)34(29-19-13-26(14-20-29)32-24-7-3-1-4-8-24)30-21-15-27(16-22-30)33-25-9-5-2-6-10-25/h1-22,31H. The number of phenols is 1. The minimum absolute atomic E-state index is 0.261. The fourth-order valence-corrected chi connectivity index (χ4v) is 5.86. The molecule has 0 bridgehead atoms. The maximum atomic E-state index is 9.81. The van der Waals surface area contributed by atoms with Crippen LogP contribution in [0.1, 0.15) is 0 Å². The molecule has 5 rings (SSSR count). The molecule has 0 saturated heterocycles. The van der Waals surface area contributed by atoms with Gasteiger partial charge in [0.25, 0.3) is 0 Å².